The molecule has 4 rings (SSSR count). The lowest BCUT2D eigenvalue weighted by Crippen LogP contribution is -2.23. The highest BCUT2D eigenvalue weighted by Crippen LogP contribution is 2.22. The van der Waals surface area contributed by atoms with Crippen LogP contribution in [0.1, 0.15) is 66.9 Å². The maximum atomic E-state index is 13.0. The fourth-order valence-electron chi connectivity index (χ4n) is 5.17. The Kier molecular flexibility index (Phi) is 13.1. The van der Waals surface area contributed by atoms with Crippen LogP contribution in [0.5, 0.6) is 11.6 Å². The number of nitrogens with zero attached hydrogens (tertiary/aromatic N) is 2. The van der Waals surface area contributed by atoms with Crippen molar-refractivity contribution in [1.29, 1.82) is 0 Å². The van der Waals surface area contributed by atoms with E-state index in [-0.39, 0.29) is 23.9 Å². The Hall–Kier alpha value is -3.89. The molecule has 0 amide bonds. The van der Waals surface area contributed by atoms with Gasteiger partial charge in [-0.25, -0.2) is 4.79 Å². The Labute approximate surface area is 259 Å². The zero-order valence-electron chi connectivity index (χ0n) is 25.3. The third-order valence-corrected chi connectivity index (χ3v) is 7.72. The predicted octanol–water partition coefficient (Wildman–Crippen LogP) is 4.81. The molecule has 1 atom stereocenters. The van der Waals surface area contributed by atoms with Crippen molar-refractivity contribution in [3.8, 4) is 17.3 Å². The van der Waals surface area contributed by atoms with E-state index < -0.39 is 6.10 Å². The number of hydrogen-bond acceptors (Lipinski definition) is 7. The molecule has 1 aromatic heterocycles. The normalized spacial score (nSPS) is 12.0. The summed E-state index contributed by atoms with van der Waals surface area (Å²) >= 11 is 0. The number of aromatic nitrogens is 2. The summed E-state index contributed by atoms with van der Waals surface area (Å²) in [6, 6.07) is 22.3. The number of imidazole rings is 1. The fourth-order valence-corrected chi connectivity index (χ4v) is 5.17. The highest BCUT2D eigenvalue weighted by Gasteiger charge is 2.13. The first-order valence-electron chi connectivity index (χ1n) is 15.5. The molecule has 9 nitrogen and oxygen atoms in total. The highest BCUT2D eigenvalue weighted by atomic mass is 16.5. The van der Waals surface area contributed by atoms with Gasteiger partial charge in [0.2, 0.25) is 5.88 Å². The van der Waals surface area contributed by atoms with Gasteiger partial charge >= 0.3 is 5.69 Å². The van der Waals surface area contributed by atoms with Crippen LogP contribution >= 0.6 is 0 Å². The molecule has 0 bridgehead atoms. The Morgan fingerprint density at radius 2 is 1.57 bits per heavy atom. The SMILES string of the molecule is O=c1n(-c2cccc(CCCCOCCCCCCNC[C@H](O)c3ccc(O)c(CO)c3)c2)cc(O)n1Cc1ccccc1. The highest BCUT2D eigenvalue weighted by molar-refractivity contribution is 5.38. The number of aliphatic hydroxyl groups excluding tert-OH is 2. The first-order valence-corrected chi connectivity index (χ1v) is 15.5. The smallest absolute Gasteiger partial charge is 0.335 e. The van der Waals surface area contributed by atoms with Gasteiger partial charge in [0.05, 0.1) is 31.1 Å². The summed E-state index contributed by atoms with van der Waals surface area (Å²) in [4.78, 5) is 13.0. The van der Waals surface area contributed by atoms with Gasteiger partial charge in [0, 0.05) is 25.3 Å². The summed E-state index contributed by atoms with van der Waals surface area (Å²) in [5.74, 6) is -0.0230. The van der Waals surface area contributed by atoms with Gasteiger partial charge in [-0.2, -0.15) is 0 Å². The van der Waals surface area contributed by atoms with Crippen LogP contribution in [0.3, 0.4) is 0 Å². The van der Waals surface area contributed by atoms with E-state index in [1.165, 1.54) is 21.4 Å². The Balaban J connectivity index is 1.05. The molecule has 5 N–H and O–H groups in total. The fraction of sp³-hybridized carbons (Fsp3) is 0.400. The van der Waals surface area contributed by atoms with Crippen LogP contribution in [0.15, 0.2) is 83.8 Å². The molecule has 1 heterocycles. The van der Waals surface area contributed by atoms with E-state index in [1.54, 1.807) is 12.1 Å². The van der Waals surface area contributed by atoms with Crippen LogP contribution in [0.2, 0.25) is 0 Å². The molecule has 0 radical (unpaired) electrons. The molecule has 0 saturated carbocycles. The van der Waals surface area contributed by atoms with Crippen LogP contribution in [-0.4, -0.2) is 55.9 Å². The third-order valence-electron chi connectivity index (χ3n) is 7.72. The average molecular weight is 604 g/mol. The van der Waals surface area contributed by atoms with E-state index in [0.29, 0.717) is 24.2 Å². The zero-order chi connectivity index (χ0) is 31.1. The van der Waals surface area contributed by atoms with Gasteiger partial charge in [-0.3, -0.25) is 9.13 Å². The number of rotatable bonds is 19. The van der Waals surface area contributed by atoms with Gasteiger partial charge in [0.25, 0.3) is 0 Å². The minimum atomic E-state index is -0.685. The zero-order valence-corrected chi connectivity index (χ0v) is 25.3. The van der Waals surface area contributed by atoms with Gasteiger partial charge in [-0.1, -0.05) is 61.4 Å². The van der Waals surface area contributed by atoms with E-state index in [1.807, 2.05) is 48.5 Å². The van der Waals surface area contributed by atoms with Gasteiger partial charge in [0.15, 0.2) is 0 Å². The first-order chi connectivity index (χ1) is 21.5. The minimum Gasteiger partial charge on any atom is -0.508 e. The largest absolute Gasteiger partial charge is 0.508 e. The van der Waals surface area contributed by atoms with Crippen molar-refractivity contribution in [2.24, 2.45) is 0 Å². The number of phenols is 1. The number of ether oxygens (including phenoxy) is 1. The lowest BCUT2D eigenvalue weighted by Gasteiger charge is -2.14. The second kappa shape index (κ2) is 17.4. The van der Waals surface area contributed by atoms with Gasteiger partial charge in [-0.05, 0) is 79.6 Å². The van der Waals surface area contributed by atoms with Crippen LogP contribution in [-0.2, 0) is 24.3 Å². The molecule has 236 valence electrons. The molecular weight excluding hydrogens is 558 g/mol. The van der Waals surface area contributed by atoms with Gasteiger partial charge in [-0.15, -0.1) is 0 Å². The van der Waals surface area contributed by atoms with Crippen molar-refractivity contribution in [3.63, 3.8) is 0 Å². The number of aliphatic hydroxyl groups is 2. The van der Waals surface area contributed by atoms with E-state index in [9.17, 15) is 25.2 Å². The lowest BCUT2D eigenvalue weighted by atomic mass is 10.1. The number of benzene rings is 3. The second-order valence-electron chi connectivity index (χ2n) is 11.1. The molecule has 0 aliphatic rings. The molecule has 9 heteroatoms. The third kappa shape index (κ3) is 9.82. The summed E-state index contributed by atoms with van der Waals surface area (Å²) in [6.45, 7) is 2.78. The molecule has 0 aliphatic carbocycles. The Bertz CT molecular complexity index is 1480. The number of nitrogens with one attached hydrogen (secondary N) is 1. The topological polar surface area (TPSA) is 129 Å². The summed E-state index contributed by atoms with van der Waals surface area (Å²) in [7, 11) is 0. The molecule has 0 saturated heterocycles. The summed E-state index contributed by atoms with van der Waals surface area (Å²) in [5.41, 5.74) is 3.66. The second-order valence-corrected chi connectivity index (χ2v) is 11.1. The monoisotopic (exact) mass is 603 g/mol. The van der Waals surface area contributed by atoms with Crippen LogP contribution in [0.25, 0.3) is 5.69 Å². The maximum absolute atomic E-state index is 13.0. The standard InChI is InChI=1S/C35H45N3O6/c39-26-30-22-29(16-17-32(30)40)33(41)23-36-18-7-1-2-8-19-44-20-9-6-11-27-14-10-15-31(21-27)37-25-34(42)38(35(37)43)24-28-12-4-3-5-13-28/h3-5,10,12-17,21-22,25,33,36,39-42H,1-2,6-9,11,18-20,23-24,26H2/t33-/m0/s1. The van der Waals surface area contributed by atoms with Gasteiger partial charge in [0.1, 0.15) is 5.75 Å². The Morgan fingerprint density at radius 3 is 2.36 bits per heavy atom. The molecular formula is C35H45N3O6. The van der Waals surface area contributed by atoms with E-state index in [2.05, 4.69) is 11.4 Å². The summed E-state index contributed by atoms with van der Waals surface area (Å²) < 4.78 is 8.69. The molecule has 0 fully saturated rings. The maximum Gasteiger partial charge on any atom is 0.335 e. The number of aromatic hydroxyl groups is 2. The van der Waals surface area contributed by atoms with Crippen molar-refractivity contribution in [3.05, 3.63) is 112 Å². The van der Waals surface area contributed by atoms with Crippen molar-refractivity contribution in [2.45, 2.75) is 64.2 Å². The predicted molar refractivity (Wildman–Crippen MR) is 171 cm³/mol. The van der Waals surface area contributed by atoms with Crippen molar-refractivity contribution < 1.29 is 25.2 Å². The molecule has 4 aromatic rings. The van der Waals surface area contributed by atoms with Crippen molar-refractivity contribution in [1.82, 2.24) is 14.5 Å². The molecule has 0 unspecified atom stereocenters. The van der Waals surface area contributed by atoms with Gasteiger partial charge < -0.3 is 30.5 Å². The Morgan fingerprint density at radius 1 is 0.818 bits per heavy atom. The number of hydrogen-bond donors (Lipinski definition) is 5. The lowest BCUT2D eigenvalue weighted by molar-refractivity contribution is 0.126. The van der Waals surface area contributed by atoms with Crippen LogP contribution in [0, 0.1) is 0 Å². The summed E-state index contributed by atoms with van der Waals surface area (Å²) in [6.07, 6.45) is 7.86. The quantitative estimate of drug-likeness (QED) is 0.0973. The van der Waals surface area contributed by atoms with E-state index >= 15 is 0 Å². The minimum absolute atomic E-state index is 0.0341. The molecule has 0 spiro atoms. The molecule has 3 aromatic carbocycles. The van der Waals surface area contributed by atoms with Crippen molar-refractivity contribution >= 4 is 0 Å². The molecule has 0 aliphatic heterocycles. The summed E-state index contributed by atoms with van der Waals surface area (Å²) in [5, 5.41) is 42.9. The first kappa shape index (κ1) is 33.0. The number of aryl methyl sites for hydroxylation is 1. The number of unbranched alkanes of at least 4 members (excludes halogenated alkanes) is 4. The van der Waals surface area contributed by atoms with Crippen LogP contribution in [0.4, 0.5) is 0 Å². The molecule has 44 heavy (non-hydrogen) atoms. The van der Waals surface area contributed by atoms with Crippen LogP contribution < -0.4 is 11.0 Å². The van der Waals surface area contributed by atoms with Crippen molar-refractivity contribution in [2.75, 3.05) is 26.3 Å². The van der Waals surface area contributed by atoms with E-state index in [4.69, 9.17) is 4.74 Å². The average Bonchev–Trinajstić information content (AvgIpc) is 3.32. The van der Waals surface area contributed by atoms with E-state index in [0.717, 1.165) is 81.5 Å².